The van der Waals surface area contributed by atoms with E-state index in [0.717, 1.165) is 23.9 Å². The summed E-state index contributed by atoms with van der Waals surface area (Å²) < 4.78 is 7.62. The standard InChI is InChI=1S/C16H25N3O/c1-12(2)7-8-13(3)18-15(14-6-5-11-20-14)16-17-9-10-19(16)4/h5-6,9-13,15,18H,7-8H2,1-4H3. The average molecular weight is 275 g/mol. The molecule has 2 atom stereocenters. The van der Waals surface area contributed by atoms with Crippen molar-refractivity contribution in [3.63, 3.8) is 0 Å². The van der Waals surface area contributed by atoms with E-state index in [1.165, 1.54) is 6.42 Å². The zero-order valence-electron chi connectivity index (χ0n) is 12.8. The predicted octanol–water partition coefficient (Wildman–Crippen LogP) is 3.52. The Bertz CT molecular complexity index is 502. The van der Waals surface area contributed by atoms with Gasteiger partial charge in [-0.15, -0.1) is 0 Å². The van der Waals surface area contributed by atoms with E-state index in [-0.39, 0.29) is 6.04 Å². The van der Waals surface area contributed by atoms with Crippen LogP contribution in [0.4, 0.5) is 0 Å². The van der Waals surface area contributed by atoms with Gasteiger partial charge in [-0.3, -0.25) is 5.32 Å². The molecule has 4 heteroatoms. The molecule has 2 aromatic rings. The number of aromatic nitrogens is 2. The van der Waals surface area contributed by atoms with Crippen LogP contribution in [0, 0.1) is 5.92 Å². The number of rotatable bonds is 7. The molecule has 0 bridgehead atoms. The minimum absolute atomic E-state index is 0.00663. The molecule has 0 aliphatic rings. The minimum atomic E-state index is 0.00663. The number of furan rings is 1. The molecule has 110 valence electrons. The molecule has 0 aliphatic carbocycles. The molecule has 4 nitrogen and oxygen atoms in total. The van der Waals surface area contributed by atoms with E-state index in [1.54, 1.807) is 6.26 Å². The molecule has 0 amide bonds. The summed E-state index contributed by atoms with van der Waals surface area (Å²) in [4.78, 5) is 4.46. The van der Waals surface area contributed by atoms with Crippen LogP contribution in [-0.2, 0) is 7.05 Å². The molecular formula is C16H25N3O. The van der Waals surface area contributed by atoms with Gasteiger partial charge in [0.15, 0.2) is 0 Å². The van der Waals surface area contributed by atoms with Gasteiger partial charge in [-0.1, -0.05) is 13.8 Å². The third kappa shape index (κ3) is 3.73. The zero-order chi connectivity index (χ0) is 14.5. The van der Waals surface area contributed by atoms with Crippen molar-refractivity contribution >= 4 is 0 Å². The number of imidazole rings is 1. The Hall–Kier alpha value is -1.55. The van der Waals surface area contributed by atoms with Gasteiger partial charge < -0.3 is 8.98 Å². The predicted molar refractivity (Wildman–Crippen MR) is 80.4 cm³/mol. The molecule has 2 heterocycles. The quantitative estimate of drug-likeness (QED) is 0.840. The molecule has 0 aliphatic heterocycles. The Morgan fingerprint density at radius 2 is 2.10 bits per heavy atom. The maximum absolute atomic E-state index is 5.59. The Morgan fingerprint density at radius 3 is 2.65 bits per heavy atom. The molecule has 0 saturated carbocycles. The van der Waals surface area contributed by atoms with Crippen LogP contribution in [0.25, 0.3) is 0 Å². The van der Waals surface area contributed by atoms with Crippen molar-refractivity contribution in [2.75, 3.05) is 0 Å². The lowest BCUT2D eigenvalue weighted by atomic mass is 10.0. The Morgan fingerprint density at radius 1 is 1.30 bits per heavy atom. The normalized spacial score (nSPS) is 14.7. The summed E-state index contributed by atoms with van der Waals surface area (Å²) in [7, 11) is 2.01. The molecule has 2 aromatic heterocycles. The molecule has 1 N–H and O–H groups in total. The molecule has 0 fully saturated rings. The van der Waals surface area contributed by atoms with Gasteiger partial charge in [0.1, 0.15) is 17.6 Å². The van der Waals surface area contributed by atoms with Gasteiger partial charge in [0.25, 0.3) is 0 Å². The van der Waals surface area contributed by atoms with E-state index in [4.69, 9.17) is 4.42 Å². The highest BCUT2D eigenvalue weighted by atomic mass is 16.3. The summed E-state index contributed by atoms with van der Waals surface area (Å²) in [5, 5.41) is 3.64. The second-order valence-electron chi connectivity index (χ2n) is 5.88. The first-order valence-corrected chi connectivity index (χ1v) is 7.34. The molecule has 20 heavy (non-hydrogen) atoms. The highest BCUT2D eigenvalue weighted by Gasteiger charge is 2.22. The number of nitrogens with zero attached hydrogens (tertiary/aromatic N) is 2. The summed E-state index contributed by atoms with van der Waals surface area (Å²) in [6, 6.07) is 4.35. The largest absolute Gasteiger partial charge is 0.467 e. The van der Waals surface area contributed by atoms with Crippen LogP contribution in [0.1, 0.15) is 51.2 Å². The van der Waals surface area contributed by atoms with Gasteiger partial charge in [0.2, 0.25) is 0 Å². The van der Waals surface area contributed by atoms with Gasteiger partial charge in [0, 0.05) is 25.5 Å². The van der Waals surface area contributed by atoms with Crippen molar-refractivity contribution in [2.24, 2.45) is 13.0 Å². The fraction of sp³-hybridized carbons (Fsp3) is 0.562. The third-order valence-electron chi connectivity index (χ3n) is 3.57. The fourth-order valence-electron chi connectivity index (χ4n) is 2.35. The van der Waals surface area contributed by atoms with Crippen molar-refractivity contribution in [1.82, 2.24) is 14.9 Å². The summed E-state index contributed by atoms with van der Waals surface area (Å²) >= 11 is 0. The van der Waals surface area contributed by atoms with Crippen LogP contribution in [0.5, 0.6) is 0 Å². The van der Waals surface area contributed by atoms with Crippen LogP contribution in [0.2, 0.25) is 0 Å². The van der Waals surface area contributed by atoms with Crippen LogP contribution in [-0.4, -0.2) is 15.6 Å². The number of hydrogen-bond acceptors (Lipinski definition) is 3. The maximum atomic E-state index is 5.59. The van der Waals surface area contributed by atoms with Crippen molar-refractivity contribution in [3.8, 4) is 0 Å². The maximum Gasteiger partial charge on any atom is 0.133 e. The smallest absolute Gasteiger partial charge is 0.133 e. The summed E-state index contributed by atoms with van der Waals surface area (Å²) in [6.45, 7) is 6.74. The highest BCUT2D eigenvalue weighted by Crippen LogP contribution is 2.22. The van der Waals surface area contributed by atoms with Crippen molar-refractivity contribution < 1.29 is 4.42 Å². The van der Waals surface area contributed by atoms with Gasteiger partial charge >= 0.3 is 0 Å². The van der Waals surface area contributed by atoms with E-state index in [0.29, 0.717) is 6.04 Å². The van der Waals surface area contributed by atoms with Crippen LogP contribution >= 0.6 is 0 Å². The molecular weight excluding hydrogens is 250 g/mol. The van der Waals surface area contributed by atoms with Crippen LogP contribution < -0.4 is 5.32 Å². The SMILES string of the molecule is CC(C)CCC(C)NC(c1ccco1)c1nccn1C. The second-order valence-corrected chi connectivity index (χ2v) is 5.88. The van der Waals surface area contributed by atoms with E-state index in [1.807, 2.05) is 36.1 Å². The first-order valence-electron chi connectivity index (χ1n) is 7.34. The first kappa shape index (κ1) is 14.9. The van der Waals surface area contributed by atoms with Gasteiger partial charge in [-0.05, 0) is 37.8 Å². The number of aryl methyl sites for hydroxylation is 1. The lowest BCUT2D eigenvalue weighted by Crippen LogP contribution is -2.32. The van der Waals surface area contributed by atoms with Crippen LogP contribution in [0.3, 0.4) is 0 Å². The third-order valence-corrected chi connectivity index (χ3v) is 3.57. The molecule has 0 spiro atoms. The molecule has 0 saturated heterocycles. The highest BCUT2D eigenvalue weighted by molar-refractivity contribution is 5.16. The molecule has 0 radical (unpaired) electrons. The first-order chi connectivity index (χ1) is 9.58. The Balaban J connectivity index is 2.10. The van der Waals surface area contributed by atoms with Gasteiger partial charge in [-0.25, -0.2) is 4.98 Å². The number of hydrogen-bond donors (Lipinski definition) is 1. The van der Waals surface area contributed by atoms with Crippen molar-refractivity contribution in [3.05, 3.63) is 42.4 Å². The summed E-state index contributed by atoms with van der Waals surface area (Å²) in [5.74, 6) is 2.63. The lowest BCUT2D eigenvalue weighted by Gasteiger charge is -2.22. The lowest BCUT2D eigenvalue weighted by molar-refractivity contribution is 0.374. The fourth-order valence-corrected chi connectivity index (χ4v) is 2.35. The summed E-state index contributed by atoms with van der Waals surface area (Å²) in [6.07, 6.45) is 7.88. The summed E-state index contributed by atoms with van der Waals surface area (Å²) in [5.41, 5.74) is 0. The van der Waals surface area contributed by atoms with E-state index in [9.17, 15) is 0 Å². The van der Waals surface area contributed by atoms with Crippen molar-refractivity contribution in [2.45, 2.75) is 45.7 Å². The number of nitrogens with one attached hydrogen (secondary N) is 1. The molecule has 2 unspecified atom stereocenters. The van der Waals surface area contributed by atoms with E-state index < -0.39 is 0 Å². The van der Waals surface area contributed by atoms with Gasteiger partial charge in [-0.2, -0.15) is 0 Å². The van der Waals surface area contributed by atoms with Gasteiger partial charge in [0.05, 0.1) is 6.26 Å². The second kappa shape index (κ2) is 6.75. The zero-order valence-corrected chi connectivity index (χ0v) is 12.8. The van der Waals surface area contributed by atoms with Crippen LogP contribution in [0.15, 0.2) is 35.2 Å². The average Bonchev–Trinajstić information content (AvgIpc) is 3.05. The molecule has 0 aromatic carbocycles. The Kier molecular flexibility index (Phi) is 5.01. The topological polar surface area (TPSA) is 43.0 Å². The monoisotopic (exact) mass is 275 g/mol. The van der Waals surface area contributed by atoms with E-state index >= 15 is 0 Å². The molecule has 2 rings (SSSR count). The van der Waals surface area contributed by atoms with Crippen molar-refractivity contribution in [1.29, 1.82) is 0 Å². The Labute approximate surface area is 121 Å². The van der Waals surface area contributed by atoms with E-state index in [2.05, 4.69) is 31.1 Å². The minimum Gasteiger partial charge on any atom is -0.467 e.